The van der Waals surface area contributed by atoms with Crippen LogP contribution in [0.2, 0.25) is 0 Å². The maximum atomic E-state index is 2.44. The van der Waals surface area contributed by atoms with Gasteiger partial charge in [0.1, 0.15) is 0 Å². The summed E-state index contributed by atoms with van der Waals surface area (Å²) in [5, 5.41) is 12.7. The number of nitrogens with zero attached hydrogens (tertiary/aromatic N) is 1. The lowest BCUT2D eigenvalue weighted by Gasteiger charge is -2.29. The summed E-state index contributed by atoms with van der Waals surface area (Å²) in [6.45, 7) is 0. The smallest absolute Gasteiger partial charge is 0.0546 e. The highest BCUT2D eigenvalue weighted by Gasteiger charge is 2.20. The van der Waals surface area contributed by atoms with Crippen molar-refractivity contribution in [3.63, 3.8) is 0 Å². The van der Waals surface area contributed by atoms with Gasteiger partial charge in [0.05, 0.1) is 5.69 Å². The highest BCUT2D eigenvalue weighted by molar-refractivity contribution is 7.26. The molecule has 0 N–H and O–H groups in total. The molecule has 0 aliphatic carbocycles. The average molecular weight is 780 g/mol. The Morgan fingerprint density at radius 2 is 0.800 bits per heavy atom. The Hall–Kier alpha value is -7.52. The van der Waals surface area contributed by atoms with Gasteiger partial charge in [0.2, 0.25) is 0 Å². The highest BCUT2D eigenvalue weighted by Crippen LogP contribution is 2.46. The number of thiophene rings is 1. The summed E-state index contributed by atoms with van der Waals surface area (Å²) in [4.78, 5) is 2.44. The van der Waals surface area contributed by atoms with E-state index in [2.05, 4.69) is 229 Å². The second-order valence-corrected chi connectivity index (χ2v) is 16.8. The summed E-state index contributed by atoms with van der Waals surface area (Å²) in [5.74, 6) is 0. The van der Waals surface area contributed by atoms with Crippen LogP contribution in [0.5, 0.6) is 0 Å². The Morgan fingerprint density at radius 3 is 1.50 bits per heavy atom. The van der Waals surface area contributed by atoms with Gasteiger partial charge in [-0.05, 0) is 132 Å². The average Bonchev–Trinajstić information content (AvgIpc) is 3.69. The molecule has 0 saturated heterocycles. The number of benzene rings is 11. The van der Waals surface area contributed by atoms with Gasteiger partial charge in [-0.2, -0.15) is 0 Å². The molecule has 0 unspecified atom stereocenters. The highest BCUT2D eigenvalue weighted by atomic mass is 32.1. The molecule has 0 aliphatic rings. The molecule has 1 nitrogen and oxygen atoms in total. The van der Waals surface area contributed by atoms with E-state index in [1.165, 1.54) is 96.6 Å². The molecule has 0 fully saturated rings. The van der Waals surface area contributed by atoms with Gasteiger partial charge in [-0.15, -0.1) is 11.3 Å². The van der Waals surface area contributed by atoms with E-state index in [1.807, 2.05) is 11.3 Å². The monoisotopic (exact) mass is 779 g/mol. The molecule has 0 spiro atoms. The fourth-order valence-corrected chi connectivity index (χ4v) is 10.5. The molecule has 0 saturated carbocycles. The van der Waals surface area contributed by atoms with Crippen LogP contribution in [-0.2, 0) is 0 Å². The first kappa shape index (κ1) is 34.5. The summed E-state index contributed by atoms with van der Waals surface area (Å²) < 4.78 is 2.63. The number of hydrogen-bond donors (Lipinski definition) is 0. The van der Waals surface area contributed by atoms with Gasteiger partial charge in [0.15, 0.2) is 0 Å². The fraction of sp³-hybridized carbons (Fsp3) is 0. The van der Waals surface area contributed by atoms with Gasteiger partial charge in [0, 0.05) is 37.1 Å². The summed E-state index contributed by atoms with van der Waals surface area (Å²) >= 11 is 1.88. The fourth-order valence-electron chi connectivity index (χ4n) is 9.31. The molecule has 0 bridgehead atoms. The van der Waals surface area contributed by atoms with Gasteiger partial charge >= 0.3 is 0 Å². The third-order valence-corrected chi connectivity index (χ3v) is 13.3. The normalized spacial score (nSPS) is 11.7. The van der Waals surface area contributed by atoms with Crippen molar-refractivity contribution in [1.82, 2.24) is 0 Å². The quantitative estimate of drug-likeness (QED) is 0.152. The Bertz CT molecular complexity index is 3580. The van der Waals surface area contributed by atoms with Crippen molar-refractivity contribution in [2.45, 2.75) is 0 Å². The first-order valence-corrected chi connectivity index (χ1v) is 21.4. The molecule has 0 atom stereocenters. The number of fused-ring (bicyclic) bond motifs is 8. The Labute approximate surface area is 352 Å². The van der Waals surface area contributed by atoms with E-state index in [0.717, 1.165) is 17.1 Å². The summed E-state index contributed by atoms with van der Waals surface area (Å²) in [5.41, 5.74) is 10.6. The maximum Gasteiger partial charge on any atom is 0.0546 e. The lowest BCUT2D eigenvalue weighted by atomic mass is 9.93. The van der Waals surface area contributed by atoms with Crippen LogP contribution in [0.25, 0.3) is 96.6 Å². The first-order valence-electron chi connectivity index (χ1n) is 20.6. The van der Waals surface area contributed by atoms with E-state index in [4.69, 9.17) is 0 Å². The van der Waals surface area contributed by atoms with Crippen molar-refractivity contribution in [2.24, 2.45) is 0 Å². The van der Waals surface area contributed by atoms with E-state index < -0.39 is 0 Å². The van der Waals surface area contributed by atoms with E-state index >= 15 is 0 Å². The Kier molecular flexibility index (Phi) is 8.11. The Balaban J connectivity index is 1.03. The van der Waals surface area contributed by atoms with Crippen molar-refractivity contribution in [2.75, 3.05) is 4.90 Å². The van der Waals surface area contributed by atoms with E-state index in [-0.39, 0.29) is 0 Å². The lowest BCUT2D eigenvalue weighted by Crippen LogP contribution is -2.11. The maximum absolute atomic E-state index is 2.44. The van der Waals surface area contributed by atoms with Crippen molar-refractivity contribution < 1.29 is 0 Å². The Morgan fingerprint density at radius 1 is 0.283 bits per heavy atom. The standard InChI is InChI=1S/C58H37NS/c1-2-13-38(14-3-1)53-33-41-15-4-6-17-43(41)36-55(53)59(47-31-27-40(28-32-47)52-35-45-19-8-9-20-48(45)50-21-10-11-22-51(50)52)46-29-25-39(26-30-46)49-23-12-24-56-58(49)54-34-42-16-5-7-18-44(42)37-57(54)60-56/h1-37H. The molecule has 1 aromatic heterocycles. The topological polar surface area (TPSA) is 3.24 Å². The summed E-state index contributed by atoms with van der Waals surface area (Å²) in [6, 6.07) is 82.6. The predicted molar refractivity (Wildman–Crippen MR) is 260 cm³/mol. The van der Waals surface area contributed by atoms with Gasteiger partial charge in [-0.1, -0.05) is 164 Å². The number of anilines is 3. The van der Waals surface area contributed by atoms with Crippen LogP contribution >= 0.6 is 11.3 Å². The van der Waals surface area contributed by atoms with Crippen molar-refractivity contribution in [1.29, 1.82) is 0 Å². The molecule has 0 amide bonds. The van der Waals surface area contributed by atoms with Gasteiger partial charge in [-0.25, -0.2) is 0 Å². The molecule has 1 heterocycles. The molecular weight excluding hydrogens is 743 g/mol. The zero-order valence-electron chi connectivity index (χ0n) is 32.7. The SMILES string of the molecule is c1ccc(-c2cc3ccccc3cc2N(c2ccc(-c3cc4ccccc4c4ccccc34)cc2)c2ccc(-c3cccc4sc5cc6ccccc6cc5c34)cc2)cc1. The predicted octanol–water partition coefficient (Wildman–Crippen LogP) is 17.1. The first-order chi connectivity index (χ1) is 29.7. The van der Waals surface area contributed by atoms with Crippen molar-refractivity contribution in [3.8, 4) is 33.4 Å². The van der Waals surface area contributed by atoms with Crippen LogP contribution in [0.3, 0.4) is 0 Å². The lowest BCUT2D eigenvalue weighted by molar-refractivity contribution is 1.29. The second kappa shape index (κ2) is 14.1. The third-order valence-electron chi connectivity index (χ3n) is 12.2. The third kappa shape index (κ3) is 5.76. The van der Waals surface area contributed by atoms with Crippen LogP contribution < -0.4 is 4.90 Å². The van der Waals surface area contributed by atoms with Gasteiger partial charge in [-0.3, -0.25) is 0 Å². The molecule has 60 heavy (non-hydrogen) atoms. The molecule has 0 aliphatic heterocycles. The number of hydrogen-bond acceptors (Lipinski definition) is 2. The van der Waals surface area contributed by atoms with E-state index in [9.17, 15) is 0 Å². The van der Waals surface area contributed by atoms with Crippen molar-refractivity contribution >= 4 is 91.7 Å². The molecule has 280 valence electrons. The zero-order chi connectivity index (χ0) is 39.6. The zero-order valence-corrected chi connectivity index (χ0v) is 33.5. The van der Waals surface area contributed by atoms with Crippen molar-refractivity contribution in [3.05, 3.63) is 224 Å². The van der Waals surface area contributed by atoms with Crippen LogP contribution in [0.15, 0.2) is 224 Å². The van der Waals surface area contributed by atoms with Crippen LogP contribution in [-0.4, -0.2) is 0 Å². The van der Waals surface area contributed by atoms with E-state index in [1.54, 1.807) is 0 Å². The molecule has 11 aromatic carbocycles. The van der Waals surface area contributed by atoms with Crippen LogP contribution in [0.4, 0.5) is 17.1 Å². The van der Waals surface area contributed by atoms with Gasteiger partial charge in [0.25, 0.3) is 0 Å². The van der Waals surface area contributed by atoms with E-state index in [0.29, 0.717) is 0 Å². The molecular formula is C58H37NS. The summed E-state index contributed by atoms with van der Waals surface area (Å²) in [6.07, 6.45) is 0. The minimum absolute atomic E-state index is 1.10. The molecule has 2 heteroatoms. The van der Waals surface area contributed by atoms with Crippen LogP contribution in [0, 0.1) is 0 Å². The second-order valence-electron chi connectivity index (χ2n) is 15.7. The minimum Gasteiger partial charge on any atom is -0.310 e. The van der Waals surface area contributed by atoms with Gasteiger partial charge < -0.3 is 4.90 Å². The minimum atomic E-state index is 1.10. The van der Waals surface area contributed by atoms with Crippen LogP contribution in [0.1, 0.15) is 0 Å². The largest absolute Gasteiger partial charge is 0.310 e. The summed E-state index contributed by atoms with van der Waals surface area (Å²) in [7, 11) is 0. The molecule has 0 radical (unpaired) electrons. The molecule has 12 rings (SSSR count). The molecule has 12 aromatic rings. The number of rotatable bonds is 6.